The summed E-state index contributed by atoms with van der Waals surface area (Å²) in [5, 5.41) is 0. The maximum atomic E-state index is 12.2. The highest BCUT2D eigenvalue weighted by Crippen LogP contribution is 2.11. The Morgan fingerprint density at radius 1 is 1.00 bits per heavy atom. The molecule has 2 aromatic rings. The lowest BCUT2D eigenvalue weighted by Crippen LogP contribution is -2.37. The molecule has 0 aliphatic carbocycles. The molecule has 2 heteroatoms. The molecule has 0 bridgehead atoms. The Labute approximate surface area is 108 Å². The van der Waals surface area contributed by atoms with E-state index in [4.69, 9.17) is 0 Å². The summed E-state index contributed by atoms with van der Waals surface area (Å²) in [5.74, 6) is 0.154. The van der Waals surface area contributed by atoms with E-state index in [1.54, 1.807) is 0 Å². The lowest BCUT2D eigenvalue weighted by molar-refractivity contribution is -0.683. The van der Waals surface area contributed by atoms with E-state index in [9.17, 15) is 4.79 Å². The number of Topliss-reactive ketones (excluding diaryl/α,β-unsaturated/α-hetero) is 1. The molecule has 0 aliphatic rings. The fourth-order valence-electron chi connectivity index (χ4n) is 2.01. The van der Waals surface area contributed by atoms with Gasteiger partial charge in [-0.25, -0.2) is 0 Å². The molecular weight excluding hydrogens is 222 g/mol. The smallest absolute Gasteiger partial charge is 0.227 e. The zero-order valence-electron chi connectivity index (χ0n) is 11.1. The van der Waals surface area contributed by atoms with Crippen LogP contribution in [0.5, 0.6) is 0 Å². The predicted molar refractivity (Wildman–Crippen MR) is 71.6 cm³/mol. The highest BCUT2D eigenvalue weighted by Gasteiger charge is 2.13. The average Bonchev–Trinajstić information content (AvgIpc) is 2.32. The van der Waals surface area contributed by atoms with Gasteiger partial charge < -0.3 is 0 Å². The van der Waals surface area contributed by atoms with Crippen LogP contribution in [-0.2, 0) is 6.54 Å². The third kappa shape index (κ3) is 2.83. The Balaban J connectivity index is 2.19. The van der Waals surface area contributed by atoms with Gasteiger partial charge in [0.1, 0.15) is 0 Å². The number of aromatic nitrogens is 1. The minimum atomic E-state index is 0.154. The van der Waals surface area contributed by atoms with Crippen LogP contribution in [0.15, 0.2) is 42.7 Å². The second-order valence-electron chi connectivity index (χ2n) is 4.79. The maximum absolute atomic E-state index is 12.2. The van der Waals surface area contributed by atoms with Crippen molar-refractivity contribution in [3.63, 3.8) is 0 Å². The van der Waals surface area contributed by atoms with Crippen LogP contribution in [0.4, 0.5) is 0 Å². The van der Waals surface area contributed by atoms with E-state index in [0.29, 0.717) is 6.54 Å². The molecule has 0 saturated carbocycles. The van der Waals surface area contributed by atoms with Gasteiger partial charge in [0.15, 0.2) is 12.4 Å². The van der Waals surface area contributed by atoms with Crippen molar-refractivity contribution in [3.8, 4) is 0 Å². The quantitative estimate of drug-likeness (QED) is 0.597. The number of rotatable bonds is 3. The fraction of sp³-hybridized carbons (Fsp3) is 0.250. The van der Waals surface area contributed by atoms with E-state index in [-0.39, 0.29) is 5.78 Å². The standard InChI is InChI=1S/C16H18NO/c1-12-6-8-17(9-7-12)11-16(18)15-5-4-13(2)10-14(15)3/h4-10H,11H2,1-3H3/q+1. The number of carbonyl (C=O) groups is 1. The topological polar surface area (TPSA) is 20.9 Å². The Hall–Kier alpha value is -1.96. The summed E-state index contributed by atoms with van der Waals surface area (Å²) in [6.07, 6.45) is 3.88. The molecule has 0 fully saturated rings. The summed E-state index contributed by atoms with van der Waals surface area (Å²) >= 11 is 0. The van der Waals surface area contributed by atoms with Gasteiger partial charge in [-0.1, -0.05) is 23.8 Å². The van der Waals surface area contributed by atoms with Gasteiger partial charge in [-0.15, -0.1) is 0 Å². The Bertz CT molecular complexity index is 570. The summed E-state index contributed by atoms with van der Waals surface area (Å²) in [4.78, 5) is 12.2. The number of hydrogen-bond donors (Lipinski definition) is 0. The molecule has 1 aromatic heterocycles. The molecule has 0 saturated heterocycles. The molecule has 0 unspecified atom stereocenters. The number of benzene rings is 1. The van der Waals surface area contributed by atoms with Gasteiger partial charge in [-0.2, -0.15) is 4.57 Å². The number of pyridine rings is 1. The highest BCUT2D eigenvalue weighted by molar-refractivity contribution is 5.96. The van der Waals surface area contributed by atoms with E-state index in [1.165, 1.54) is 11.1 Å². The third-order valence-corrected chi connectivity index (χ3v) is 3.07. The fourth-order valence-corrected chi connectivity index (χ4v) is 2.01. The minimum absolute atomic E-state index is 0.154. The zero-order valence-corrected chi connectivity index (χ0v) is 11.1. The molecule has 0 amide bonds. The Kier molecular flexibility index (Phi) is 3.56. The van der Waals surface area contributed by atoms with E-state index >= 15 is 0 Å². The molecule has 0 N–H and O–H groups in total. The molecule has 0 radical (unpaired) electrons. The number of ketones is 1. The van der Waals surface area contributed by atoms with Crippen LogP contribution in [0.25, 0.3) is 0 Å². The molecular formula is C16H18NO+. The Morgan fingerprint density at radius 2 is 1.67 bits per heavy atom. The van der Waals surface area contributed by atoms with Crippen LogP contribution in [0, 0.1) is 20.8 Å². The Morgan fingerprint density at radius 3 is 2.28 bits per heavy atom. The minimum Gasteiger partial charge on any atom is -0.287 e. The second-order valence-corrected chi connectivity index (χ2v) is 4.79. The van der Waals surface area contributed by atoms with Gasteiger partial charge >= 0.3 is 0 Å². The second kappa shape index (κ2) is 5.13. The van der Waals surface area contributed by atoms with Crippen LogP contribution < -0.4 is 4.57 Å². The van der Waals surface area contributed by atoms with E-state index < -0.39 is 0 Å². The van der Waals surface area contributed by atoms with Crippen molar-refractivity contribution in [2.75, 3.05) is 0 Å². The molecule has 1 heterocycles. The molecule has 92 valence electrons. The van der Waals surface area contributed by atoms with Crippen LogP contribution in [0.2, 0.25) is 0 Å². The monoisotopic (exact) mass is 240 g/mol. The molecule has 0 atom stereocenters. The van der Waals surface area contributed by atoms with Crippen LogP contribution in [0.1, 0.15) is 27.0 Å². The molecule has 18 heavy (non-hydrogen) atoms. The normalized spacial score (nSPS) is 10.4. The molecule has 1 aromatic carbocycles. The molecule has 0 aliphatic heterocycles. The lowest BCUT2D eigenvalue weighted by Gasteiger charge is -2.04. The number of carbonyl (C=O) groups excluding carboxylic acids is 1. The summed E-state index contributed by atoms with van der Waals surface area (Å²) in [6.45, 7) is 6.45. The first kappa shape index (κ1) is 12.5. The first-order valence-electron chi connectivity index (χ1n) is 6.12. The van der Waals surface area contributed by atoms with E-state index in [2.05, 4.69) is 0 Å². The molecule has 0 spiro atoms. The van der Waals surface area contributed by atoms with Crippen molar-refractivity contribution >= 4 is 5.78 Å². The third-order valence-electron chi connectivity index (χ3n) is 3.07. The van der Waals surface area contributed by atoms with Gasteiger partial charge in [0, 0.05) is 17.7 Å². The van der Waals surface area contributed by atoms with Gasteiger partial charge in [-0.3, -0.25) is 4.79 Å². The van der Waals surface area contributed by atoms with E-state index in [0.717, 1.165) is 11.1 Å². The van der Waals surface area contributed by atoms with Crippen molar-refractivity contribution in [1.82, 2.24) is 0 Å². The van der Waals surface area contributed by atoms with Crippen molar-refractivity contribution in [1.29, 1.82) is 0 Å². The number of aryl methyl sites for hydroxylation is 3. The maximum Gasteiger partial charge on any atom is 0.227 e. The molecule has 2 rings (SSSR count). The van der Waals surface area contributed by atoms with Gasteiger partial charge in [-0.05, 0) is 31.9 Å². The highest BCUT2D eigenvalue weighted by atomic mass is 16.1. The van der Waals surface area contributed by atoms with Gasteiger partial charge in [0.2, 0.25) is 12.3 Å². The predicted octanol–water partition coefficient (Wildman–Crippen LogP) is 2.78. The van der Waals surface area contributed by atoms with Crippen molar-refractivity contribution in [2.24, 2.45) is 0 Å². The van der Waals surface area contributed by atoms with Crippen LogP contribution in [0.3, 0.4) is 0 Å². The lowest BCUT2D eigenvalue weighted by atomic mass is 10.0. The first-order valence-corrected chi connectivity index (χ1v) is 6.12. The SMILES string of the molecule is Cc1cc[n+](CC(=O)c2ccc(C)cc2C)cc1. The first-order chi connectivity index (χ1) is 8.56. The molecule has 2 nitrogen and oxygen atoms in total. The average molecular weight is 240 g/mol. The largest absolute Gasteiger partial charge is 0.287 e. The van der Waals surface area contributed by atoms with Gasteiger partial charge in [0.05, 0.1) is 0 Å². The van der Waals surface area contributed by atoms with Crippen molar-refractivity contribution in [3.05, 3.63) is 65.0 Å². The van der Waals surface area contributed by atoms with Crippen molar-refractivity contribution < 1.29 is 9.36 Å². The van der Waals surface area contributed by atoms with Gasteiger partial charge in [0.25, 0.3) is 0 Å². The summed E-state index contributed by atoms with van der Waals surface area (Å²) in [7, 11) is 0. The van der Waals surface area contributed by atoms with E-state index in [1.807, 2.05) is 68.1 Å². The number of nitrogens with zero attached hydrogens (tertiary/aromatic N) is 1. The van der Waals surface area contributed by atoms with Crippen LogP contribution >= 0.6 is 0 Å². The zero-order chi connectivity index (χ0) is 13.1. The summed E-state index contributed by atoms with van der Waals surface area (Å²) in [5.41, 5.74) is 4.25. The van der Waals surface area contributed by atoms with Crippen LogP contribution in [-0.4, -0.2) is 5.78 Å². The number of hydrogen-bond acceptors (Lipinski definition) is 1. The summed E-state index contributed by atoms with van der Waals surface area (Å²) < 4.78 is 1.91. The van der Waals surface area contributed by atoms with Crippen molar-refractivity contribution in [2.45, 2.75) is 27.3 Å². The summed E-state index contributed by atoms with van der Waals surface area (Å²) in [6, 6.07) is 9.97.